The standard InChI is InChI=1S/C18H35NO/c1-3-5-6-10-15-11-7-13-18(19-15)14-8-12-17(20)16(18)9-4-2/h15-17,19-20H,3-14H2,1-2H3/t15-,16?,17?,18-/m1/s1. The van der Waals surface area contributed by atoms with Crippen molar-refractivity contribution in [2.24, 2.45) is 5.92 Å². The Morgan fingerprint density at radius 1 is 1.00 bits per heavy atom. The minimum absolute atomic E-state index is 0.0643. The van der Waals surface area contributed by atoms with Crippen LogP contribution in [0, 0.1) is 5.92 Å². The monoisotopic (exact) mass is 281 g/mol. The lowest BCUT2D eigenvalue weighted by Crippen LogP contribution is -2.62. The molecule has 4 atom stereocenters. The van der Waals surface area contributed by atoms with Gasteiger partial charge >= 0.3 is 0 Å². The second-order valence-corrected chi connectivity index (χ2v) is 7.24. The number of nitrogens with one attached hydrogen (secondary N) is 1. The molecule has 0 radical (unpaired) electrons. The molecule has 118 valence electrons. The molecule has 2 fully saturated rings. The molecule has 0 bridgehead atoms. The Kier molecular flexibility index (Phi) is 6.35. The van der Waals surface area contributed by atoms with E-state index in [1.54, 1.807) is 0 Å². The zero-order valence-electron chi connectivity index (χ0n) is 13.7. The van der Waals surface area contributed by atoms with E-state index in [1.165, 1.54) is 70.6 Å². The van der Waals surface area contributed by atoms with Crippen molar-refractivity contribution in [2.45, 2.75) is 109 Å². The Balaban J connectivity index is 1.98. The predicted molar refractivity (Wildman–Crippen MR) is 85.9 cm³/mol. The maximum absolute atomic E-state index is 10.5. The lowest BCUT2D eigenvalue weighted by molar-refractivity contribution is -0.0251. The zero-order chi connectivity index (χ0) is 14.4. The van der Waals surface area contributed by atoms with Crippen LogP contribution in [0.15, 0.2) is 0 Å². The first-order valence-corrected chi connectivity index (χ1v) is 9.17. The topological polar surface area (TPSA) is 32.3 Å². The van der Waals surface area contributed by atoms with Crippen molar-refractivity contribution in [1.82, 2.24) is 5.32 Å². The molecule has 1 spiro atoms. The van der Waals surface area contributed by atoms with Gasteiger partial charge in [-0.05, 0) is 44.9 Å². The van der Waals surface area contributed by atoms with Gasteiger partial charge in [0.15, 0.2) is 0 Å². The number of hydrogen-bond donors (Lipinski definition) is 2. The van der Waals surface area contributed by atoms with Crippen molar-refractivity contribution in [3.8, 4) is 0 Å². The summed E-state index contributed by atoms with van der Waals surface area (Å²) in [5.74, 6) is 0.496. The molecule has 20 heavy (non-hydrogen) atoms. The Morgan fingerprint density at radius 3 is 2.45 bits per heavy atom. The Hall–Kier alpha value is -0.0800. The van der Waals surface area contributed by atoms with Crippen LogP contribution in [0.25, 0.3) is 0 Å². The SMILES string of the molecule is CCCCC[C@@H]1CCC[C@]2(CCCC(O)C2CCC)N1. The van der Waals surface area contributed by atoms with Gasteiger partial charge in [-0.2, -0.15) is 0 Å². The van der Waals surface area contributed by atoms with Gasteiger partial charge in [-0.1, -0.05) is 46.0 Å². The molecule has 1 aliphatic carbocycles. The molecular weight excluding hydrogens is 246 g/mol. The highest BCUT2D eigenvalue weighted by atomic mass is 16.3. The van der Waals surface area contributed by atoms with Crippen molar-refractivity contribution in [3.05, 3.63) is 0 Å². The molecule has 0 aromatic rings. The van der Waals surface area contributed by atoms with E-state index in [0.717, 1.165) is 6.42 Å². The average Bonchev–Trinajstić information content (AvgIpc) is 2.44. The van der Waals surface area contributed by atoms with Gasteiger partial charge < -0.3 is 10.4 Å². The number of piperidine rings is 1. The molecule has 2 heteroatoms. The van der Waals surface area contributed by atoms with Crippen LogP contribution in [-0.4, -0.2) is 22.8 Å². The van der Waals surface area contributed by atoms with Gasteiger partial charge in [-0.3, -0.25) is 0 Å². The number of aliphatic hydroxyl groups excluding tert-OH is 1. The molecule has 0 aromatic heterocycles. The Labute approximate surface area is 125 Å². The van der Waals surface area contributed by atoms with Crippen LogP contribution in [0.4, 0.5) is 0 Å². The van der Waals surface area contributed by atoms with Crippen LogP contribution in [0.3, 0.4) is 0 Å². The Morgan fingerprint density at radius 2 is 1.75 bits per heavy atom. The maximum atomic E-state index is 10.5. The summed E-state index contributed by atoms with van der Waals surface area (Å²) in [4.78, 5) is 0. The van der Waals surface area contributed by atoms with E-state index < -0.39 is 0 Å². The molecule has 2 N–H and O–H groups in total. The highest BCUT2D eigenvalue weighted by Crippen LogP contribution is 2.43. The zero-order valence-corrected chi connectivity index (χ0v) is 13.7. The van der Waals surface area contributed by atoms with E-state index in [2.05, 4.69) is 19.2 Å². The van der Waals surface area contributed by atoms with E-state index in [9.17, 15) is 5.11 Å². The summed E-state index contributed by atoms with van der Waals surface area (Å²) in [5.41, 5.74) is 0.267. The van der Waals surface area contributed by atoms with Crippen molar-refractivity contribution in [3.63, 3.8) is 0 Å². The molecule has 1 saturated carbocycles. The lowest BCUT2D eigenvalue weighted by Gasteiger charge is -2.52. The largest absolute Gasteiger partial charge is 0.393 e. The summed E-state index contributed by atoms with van der Waals surface area (Å²) in [6.07, 6.45) is 15.2. The first-order valence-electron chi connectivity index (χ1n) is 9.17. The van der Waals surface area contributed by atoms with Crippen LogP contribution in [-0.2, 0) is 0 Å². The van der Waals surface area contributed by atoms with E-state index in [4.69, 9.17) is 0 Å². The van der Waals surface area contributed by atoms with E-state index >= 15 is 0 Å². The summed E-state index contributed by atoms with van der Waals surface area (Å²) >= 11 is 0. The predicted octanol–water partition coefficient (Wildman–Crippen LogP) is 4.41. The Bertz CT molecular complexity index is 277. The lowest BCUT2D eigenvalue weighted by atomic mass is 9.65. The summed E-state index contributed by atoms with van der Waals surface area (Å²) in [7, 11) is 0. The molecule has 1 aliphatic heterocycles. The highest BCUT2D eigenvalue weighted by Gasteiger charge is 2.46. The fourth-order valence-electron chi connectivity index (χ4n) is 4.72. The molecule has 1 saturated heterocycles. The number of hydrogen-bond acceptors (Lipinski definition) is 2. The third kappa shape index (κ3) is 3.76. The first kappa shape index (κ1) is 16.3. The number of rotatable bonds is 6. The average molecular weight is 281 g/mol. The highest BCUT2D eigenvalue weighted by molar-refractivity contribution is 5.04. The number of aliphatic hydroxyl groups is 1. The fraction of sp³-hybridized carbons (Fsp3) is 1.00. The third-order valence-electron chi connectivity index (χ3n) is 5.72. The quantitative estimate of drug-likeness (QED) is 0.707. The summed E-state index contributed by atoms with van der Waals surface area (Å²) in [5, 5.41) is 14.5. The van der Waals surface area contributed by atoms with Crippen LogP contribution in [0.5, 0.6) is 0 Å². The van der Waals surface area contributed by atoms with Gasteiger partial charge in [-0.25, -0.2) is 0 Å². The fourth-order valence-corrected chi connectivity index (χ4v) is 4.72. The third-order valence-corrected chi connectivity index (χ3v) is 5.72. The summed E-state index contributed by atoms with van der Waals surface area (Å²) < 4.78 is 0. The molecule has 1 heterocycles. The summed E-state index contributed by atoms with van der Waals surface area (Å²) in [6, 6.07) is 0.708. The van der Waals surface area contributed by atoms with Crippen molar-refractivity contribution < 1.29 is 5.11 Å². The maximum Gasteiger partial charge on any atom is 0.0586 e. The van der Waals surface area contributed by atoms with E-state index in [0.29, 0.717) is 12.0 Å². The van der Waals surface area contributed by atoms with Crippen LogP contribution in [0.2, 0.25) is 0 Å². The van der Waals surface area contributed by atoms with Gasteiger partial charge in [0.2, 0.25) is 0 Å². The van der Waals surface area contributed by atoms with Gasteiger partial charge in [0.25, 0.3) is 0 Å². The smallest absolute Gasteiger partial charge is 0.0586 e. The molecule has 2 rings (SSSR count). The van der Waals surface area contributed by atoms with Crippen LogP contribution < -0.4 is 5.32 Å². The molecule has 2 aliphatic rings. The first-order chi connectivity index (χ1) is 9.72. The van der Waals surface area contributed by atoms with Crippen molar-refractivity contribution >= 4 is 0 Å². The van der Waals surface area contributed by atoms with E-state index in [-0.39, 0.29) is 11.6 Å². The van der Waals surface area contributed by atoms with Gasteiger partial charge in [0, 0.05) is 17.5 Å². The molecule has 2 unspecified atom stereocenters. The van der Waals surface area contributed by atoms with Gasteiger partial charge in [0.1, 0.15) is 0 Å². The van der Waals surface area contributed by atoms with Crippen molar-refractivity contribution in [2.75, 3.05) is 0 Å². The normalized spacial score (nSPS) is 38.2. The van der Waals surface area contributed by atoms with Crippen LogP contribution in [0.1, 0.15) is 90.9 Å². The second kappa shape index (κ2) is 7.79. The summed E-state index contributed by atoms with van der Waals surface area (Å²) in [6.45, 7) is 4.54. The number of unbranched alkanes of at least 4 members (excludes halogenated alkanes) is 2. The van der Waals surface area contributed by atoms with E-state index in [1.807, 2.05) is 0 Å². The minimum Gasteiger partial charge on any atom is -0.393 e. The van der Waals surface area contributed by atoms with Gasteiger partial charge in [0.05, 0.1) is 6.10 Å². The minimum atomic E-state index is -0.0643. The van der Waals surface area contributed by atoms with Crippen LogP contribution >= 0.6 is 0 Å². The molecule has 2 nitrogen and oxygen atoms in total. The second-order valence-electron chi connectivity index (χ2n) is 7.24. The van der Waals surface area contributed by atoms with Gasteiger partial charge in [-0.15, -0.1) is 0 Å². The molecular formula is C18H35NO. The molecule has 0 amide bonds. The van der Waals surface area contributed by atoms with Crippen molar-refractivity contribution in [1.29, 1.82) is 0 Å². The molecule has 0 aromatic carbocycles.